The van der Waals surface area contributed by atoms with Gasteiger partial charge in [0.05, 0.1) is 18.3 Å². The average Bonchev–Trinajstić information content (AvgIpc) is 3.02. The molecule has 0 saturated heterocycles. The maximum absolute atomic E-state index is 5.88. The van der Waals surface area contributed by atoms with Gasteiger partial charge >= 0.3 is 0 Å². The van der Waals surface area contributed by atoms with Crippen LogP contribution in [0.3, 0.4) is 0 Å². The van der Waals surface area contributed by atoms with Gasteiger partial charge in [0.1, 0.15) is 11.3 Å². The number of hydrogen-bond acceptors (Lipinski definition) is 3. The van der Waals surface area contributed by atoms with Crippen molar-refractivity contribution in [3.63, 3.8) is 0 Å². The Morgan fingerprint density at radius 2 is 1.64 bits per heavy atom. The predicted molar refractivity (Wildman–Crippen MR) is 92.6 cm³/mol. The molecule has 3 nitrogen and oxygen atoms in total. The van der Waals surface area contributed by atoms with E-state index in [0.29, 0.717) is 0 Å². The highest BCUT2D eigenvalue weighted by molar-refractivity contribution is 5.83. The largest absolute Gasteiger partial charge is 0.493 e. The second-order valence-corrected chi connectivity index (χ2v) is 5.87. The van der Waals surface area contributed by atoms with Gasteiger partial charge in [-0.1, -0.05) is 44.6 Å². The fraction of sp³-hybridized carbons (Fsp3) is 0.579. The second kappa shape index (κ2) is 10.3. The molecule has 3 heteroatoms. The summed E-state index contributed by atoms with van der Waals surface area (Å²) in [6, 6.07) is 7.94. The third-order valence-corrected chi connectivity index (χ3v) is 4.03. The molecule has 0 spiro atoms. The molecule has 0 unspecified atom stereocenters. The lowest BCUT2D eigenvalue weighted by Crippen LogP contribution is -2.06. The lowest BCUT2D eigenvalue weighted by atomic mass is 10.1. The van der Waals surface area contributed by atoms with Crippen LogP contribution in [0.25, 0.3) is 11.0 Å². The standard InChI is InChI=1S/C19H29NO2/c1-20-14-8-6-4-2-3-5-7-9-15-21-18-11-10-12-19-17(18)13-16-22-19/h10-13,16,20H,2-9,14-15H2,1H3. The molecule has 2 aromatic rings. The van der Waals surface area contributed by atoms with Gasteiger partial charge in [0.2, 0.25) is 0 Å². The maximum Gasteiger partial charge on any atom is 0.137 e. The zero-order valence-corrected chi connectivity index (χ0v) is 13.8. The molecule has 22 heavy (non-hydrogen) atoms. The Labute approximate surface area is 134 Å². The first kappa shape index (κ1) is 16.9. The molecule has 0 radical (unpaired) electrons. The Balaban J connectivity index is 1.49. The van der Waals surface area contributed by atoms with Crippen LogP contribution < -0.4 is 10.1 Å². The monoisotopic (exact) mass is 303 g/mol. The zero-order valence-electron chi connectivity index (χ0n) is 13.8. The van der Waals surface area contributed by atoms with Crippen molar-refractivity contribution in [3.05, 3.63) is 30.5 Å². The van der Waals surface area contributed by atoms with Gasteiger partial charge in [-0.2, -0.15) is 0 Å². The summed E-state index contributed by atoms with van der Waals surface area (Å²) in [5.41, 5.74) is 0.899. The molecular formula is C19H29NO2. The van der Waals surface area contributed by atoms with Crippen molar-refractivity contribution in [1.29, 1.82) is 0 Å². The van der Waals surface area contributed by atoms with Crippen LogP contribution in [0.15, 0.2) is 34.9 Å². The van der Waals surface area contributed by atoms with Crippen molar-refractivity contribution in [2.24, 2.45) is 0 Å². The van der Waals surface area contributed by atoms with Gasteiger partial charge in [0.15, 0.2) is 0 Å². The summed E-state index contributed by atoms with van der Waals surface area (Å²) in [6.07, 6.45) is 12.2. The fourth-order valence-corrected chi connectivity index (χ4v) is 2.74. The van der Waals surface area contributed by atoms with Crippen molar-refractivity contribution in [1.82, 2.24) is 5.32 Å². The number of rotatable bonds is 12. The summed E-state index contributed by atoms with van der Waals surface area (Å²) in [5, 5.41) is 4.27. The molecule has 1 aromatic heterocycles. The number of furan rings is 1. The third kappa shape index (κ3) is 5.72. The van der Waals surface area contributed by atoms with Crippen LogP contribution in [0.5, 0.6) is 5.75 Å². The molecule has 0 bridgehead atoms. The summed E-state index contributed by atoms with van der Waals surface area (Å²) < 4.78 is 11.3. The first-order valence-electron chi connectivity index (χ1n) is 8.65. The van der Waals surface area contributed by atoms with Gasteiger partial charge in [0.25, 0.3) is 0 Å². The molecule has 0 fully saturated rings. The van der Waals surface area contributed by atoms with E-state index in [4.69, 9.17) is 9.15 Å². The minimum atomic E-state index is 0.798. The molecule has 2 rings (SSSR count). The third-order valence-electron chi connectivity index (χ3n) is 4.03. The van der Waals surface area contributed by atoms with Crippen molar-refractivity contribution < 1.29 is 9.15 Å². The highest BCUT2D eigenvalue weighted by Gasteiger charge is 2.03. The van der Waals surface area contributed by atoms with E-state index in [1.165, 1.54) is 44.9 Å². The number of benzene rings is 1. The number of fused-ring (bicyclic) bond motifs is 1. The van der Waals surface area contributed by atoms with Crippen LogP contribution in [0.2, 0.25) is 0 Å². The van der Waals surface area contributed by atoms with E-state index < -0.39 is 0 Å². The van der Waals surface area contributed by atoms with Gasteiger partial charge in [-0.25, -0.2) is 0 Å². The van der Waals surface area contributed by atoms with E-state index in [2.05, 4.69) is 5.32 Å². The molecule has 0 aliphatic heterocycles. The second-order valence-electron chi connectivity index (χ2n) is 5.87. The van der Waals surface area contributed by atoms with E-state index in [0.717, 1.165) is 36.3 Å². The van der Waals surface area contributed by atoms with Crippen LogP contribution in [-0.2, 0) is 0 Å². The highest BCUT2D eigenvalue weighted by atomic mass is 16.5. The Bertz CT molecular complexity index is 521. The van der Waals surface area contributed by atoms with Gasteiger partial charge in [-0.3, -0.25) is 0 Å². The van der Waals surface area contributed by atoms with Gasteiger partial charge in [-0.05, 0) is 44.6 Å². The predicted octanol–water partition coefficient (Wildman–Crippen LogP) is 5.15. The van der Waals surface area contributed by atoms with Gasteiger partial charge in [-0.15, -0.1) is 0 Å². The van der Waals surface area contributed by atoms with Gasteiger partial charge < -0.3 is 14.5 Å². The highest BCUT2D eigenvalue weighted by Crippen LogP contribution is 2.26. The van der Waals surface area contributed by atoms with E-state index in [1.807, 2.05) is 31.3 Å². The summed E-state index contributed by atoms with van der Waals surface area (Å²) >= 11 is 0. The van der Waals surface area contributed by atoms with Crippen LogP contribution in [0.1, 0.15) is 51.4 Å². The SMILES string of the molecule is CNCCCCCCCCCCOc1cccc2occc12. The Hall–Kier alpha value is -1.48. The first-order chi connectivity index (χ1) is 10.9. The van der Waals surface area contributed by atoms with E-state index >= 15 is 0 Å². The smallest absolute Gasteiger partial charge is 0.137 e. The van der Waals surface area contributed by atoms with Gasteiger partial charge in [0, 0.05) is 0 Å². The van der Waals surface area contributed by atoms with Crippen molar-refractivity contribution in [2.45, 2.75) is 51.4 Å². The summed E-state index contributed by atoms with van der Waals surface area (Å²) in [7, 11) is 2.02. The molecular weight excluding hydrogens is 274 g/mol. The lowest BCUT2D eigenvalue weighted by Gasteiger charge is -2.07. The molecule has 0 saturated carbocycles. The number of unbranched alkanes of at least 4 members (excludes halogenated alkanes) is 7. The summed E-state index contributed by atoms with van der Waals surface area (Å²) in [6.45, 7) is 1.95. The van der Waals surface area contributed by atoms with E-state index in [9.17, 15) is 0 Å². The average molecular weight is 303 g/mol. The summed E-state index contributed by atoms with van der Waals surface area (Å²) in [4.78, 5) is 0. The van der Waals surface area contributed by atoms with Crippen molar-refractivity contribution in [3.8, 4) is 5.75 Å². The lowest BCUT2D eigenvalue weighted by molar-refractivity contribution is 0.307. The molecule has 122 valence electrons. The molecule has 0 aliphatic rings. The molecule has 1 heterocycles. The molecule has 0 aliphatic carbocycles. The van der Waals surface area contributed by atoms with Crippen molar-refractivity contribution >= 4 is 11.0 Å². The zero-order chi connectivity index (χ0) is 15.5. The number of nitrogens with one attached hydrogen (secondary N) is 1. The molecule has 1 aromatic carbocycles. The molecule has 0 atom stereocenters. The Kier molecular flexibility index (Phi) is 7.89. The number of hydrogen-bond donors (Lipinski definition) is 1. The maximum atomic E-state index is 5.88. The van der Waals surface area contributed by atoms with E-state index in [-0.39, 0.29) is 0 Å². The minimum Gasteiger partial charge on any atom is -0.493 e. The summed E-state index contributed by atoms with van der Waals surface area (Å²) in [5.74, 6) is 0.941. The first-order valence-corrected chi connectivity index (χ1v) is 8.65. The van der Waals surface area contributed by atoms with Crippen LogP contribution in [-0.4, -0.2) is 20.2 Å². The topological polar surface area (TPSA) is 34.4 Å². The molecule has 1 N–H and O–H groups in total. The minimum absolute atomic E-state index is 0.798. The van der Waals surface area contributed by atoms with Crippen LogP contribution >= 0.6 is 0 Å². The quantitative estimate of drug-likeness (QED) is 0.550. The normalized spacial score (nSPS) is 11.1. The van der Waals surface area contributed by atoms with Crippen molar-refractivity contribution in [2.75, 3.05) is 20.2 Å². The Morgan fingerprint density at radius 1 is 0.909 bits per heavy atom. The fourth-order valence-electron chi connectivity index (χ4n) is 2.74. The van der Waals surface area contributed by atoms with Crippen LogP contribution in [0.4, 0.5) is 0 Å². The Morgan fingerprint density at radius 3 is 2.41 bits per heavy atom. The number of ether oxygens (including phenoxy) is 1. The molecule has 0 amide bonds. The van der Waals surface area contributed by atoms with E-state index in [1.54, 1.807) is 6.26 Å². The van der Waals surface area contributed by atoms with Crippen LogP contribution in [0, 0.1) is 0 Å².